The van der Waals surface area contributed by atoms with E-state index in [1.807, 2.05) is 0 Å². The summed E-state index contributed by atoms with van der Waals surface area (Å²) in [6.45, 7) is 0.387. The number of carbonyl (C=O) groups is 2. The van der Waals surface area contributed by atoms with Crippen LogP contribution in [0.15, 0.2) is 53.4 Å². The van der Waals surface area contributed by atoms with Gasteiger partial charge in [-0.3, -0.25) is 4.79 Å². The van der Waals surface area contributed by atoms with E-state index in [4.69, 9.17) is 9.47 Å². The van der Waals surface area contributed by atoms with Crippen molar-refractivity contribution in [1.82, 2.24) is 4.31 Å². The molecule has 8 nitrogen and oxygen atoms in total. The highest BCUT2D eigenvalue weighted by Gasteiger charge is 2.31. The fourth-order valence-electron chi connectivity index (χ4n) is 2.88. The number of morpholine rings is 1. The van der Waals surface area contributed by atoms with Crippen LogP contribution in [0.25, 0.3) is 0 Å². The molecule has 0 aliphatic carbocycles. The summed E-state index contributed by atoms with van der Waals surface area (Å²) in [5, 5.41) is 2.42. The molecule has 0 aromatic heterocycles. The van der Waals surface area contributed by atoms with Crippen LogP contribution in [-0.2, 0) is 30.5 Å². The lowest BCUT2D eigenvalue weighted by atomic mass is 10.1. The summed E-state index contributed by atoms with van der Waals surface area (Å²) in [5.41, 5.74) is -1.10. The third-order valence-corrected chi connectivity index (χ3v) is 6.42. The van der Waals surface area contributed by atoms with Crippen LogP contribution in [0.5, 0.6) is 0 Å². The van der Waals surface area contributed by atoms with E-state index in [2.05, 4.69) is 5.32 Å². The molecule has 1 N–H and O–H groups in total. The molecule has 0 unspecified atom stereocenters. The van der Waals surface area contributed by atoms with Crippen molar-refractivity contribution in [3.8, 4) is 0 Å². The SMILES string of the molecule is O=C(COC(=O)c1cccc(C(F)(F)F)c1)Nc1ccc(S(=O)(=O)N2CCOCC2)cc1. The van der Waals surface area contributed by atoms with Gasteiger partial charge in [-0.15, -0.1) is 0 Å². The van der Waals surface area contributed by atoms with E-state index in [1.54, 1.807) is 0 Å². The van der Waals surface area contributed by atoms with Crippen LogP contribution < -0.4 is 5.32 Å². The van der Waals surface area contributed by atoms with Gasteiger partial charge < -0.3 is 14.8 Å². The second kappa shape index (κ2) is 9.67. The lowest BCUT2D eigenvalue weighted by Crippen LogP contribution is -2.40. The second-order valence-electron chi connectivity index (χ2n) is 6.74. The van der Waals surface area contributed by atoms with E-state index < -0.39 is 40.2 Å². The molecular formula is C20H19F3N2O6S. The lowest BCUT2D eigenvalue weighted by molar-refractivity contribution is -0.137. The molecule has 0 radical (unpaired) electrons. The van der Waals surface area contributed by atoms with Crippen LogP contribution in [0.1, 0.15) is 15.9 Å². The molecule has 1 fully saturated rings. The summed E-state index contributed by atoms with van der Waals surface area (Å²) in [4.78, 5) is 24.0. The van der Waals surface area contributed by atoms with Crippen molar-refractivity contribution >= 4 is 27.6 Å². The summed E-state index contributed by atoms with van der Waals surface area (Å²) in [6, 6.07) is 9.05. The first-order valence-corrected chi connectivity index (χ1v) is 10.8. The summed E-state index contributed by atoms with van der Waals surface area (Å²) >= 11 is 0. The highest BCUT2D eigenvalue weighted by Crippen LogP contribution is 2.29. The minimum Gasteiger partial charge on any atom is -0.452 e. The largest absolute Gasteiger partial charge is 0.452 e. The molecule has 2 aromatic carbocycles. The van der Waals surface area contributed by atoms with Crippen LogP contribution >= 0.6 is 0 Å². The number of benzene rings is 2. The molecule has 1 aliphatic heterocycles. The molecule has 3 rings (SSSR count). The fraction of sp³-hybridized carbons (Fsp3) is 0.300. The zero-order chi connectivity index (χ0) is 23.4. The van der Waals surface area contributed by atoms with E-state index in [-0.39, 0.29) is 29.2 Å². The summed E-state index contributed by atoms with van der Waals surface area (Å²) in [6.07, 6.45) is -4.62. The van der Waals surface area contributed by atoms with Crippen LogP contribution in [-0.4, -0.2) is 57.5 Å². The fourth-order valence-corrected chi connectivity index (χ4v) is 4.29. The molecule has 1 saturated heterocycles. The number of halogens is 3. The second-order valence-corrected chi connectivity index (χ2v) is 8.68. The van der Waals surface area contributed by atoms with Gasteiger partial charge in [-0.2, -0.15) is 17.5 Å². The Labute approximate surface area is 182 Å². The molecule has 0 saturated carbocycles. The van der Waals surface area contributed by atoms with Crippen molar-refractivity contribution in [3.05, 3.63) is 59.7 Å². The number of nitrogens with one attached hydrogen (secondary N) is 1. The van der Waals surface area contributed by atoms with Crippen molar-refractivity contribution in [2.24, 2.45) is 0 Å². The number of hydrogen-bond acceptors (Lipinski definition) is 6. The van der Waals surface area contributed by atoms with E-state index in [0.717, 1.165) is 18.2 Å². The minimum atomic E-state index is -4.62. The Bertz CT molecular complexity index is 1080. The molecule has 1 aliphatic rings. The number of alkyl halides is 3. The molecule has 0 atom stereocenters. The van der Waals surface area contributed by atoms with E-state index in [9.17, 15) is 31.2 Å². The third kappa shape index (κ3) is 5.84. The highest BCUT2D eigenvalue weighted by atomic mass is 32.2. The zero-order valence-electron chi connectivity index (χ0n) is 16.6. The predicted octanol–water partition coefficient (Wildman–Crippen LogP) is 2.52. The van der Waals surface area contributed by atoms with Gasteiger partial charge in [0.1, 0.15) is 0 Å². The van der Waals surface area contributed by atoms with Crippen molar-refractivity contribution < 1.29 is 40.7 Å². The topological polar surface area (TPSA) is 102 Å². The van der Waals surface area contributed by atoms with Crippen LogP contribution in [0.2, 0.25) is 0 Å². The van der Waals surface area contributed by atoms with Gasteiger partial charge in [-0.25, -0.2) is 13.2 Å². The summed E-state index contributed by atoms with van der Waals surface area (Å²) < 4.78 is 74.5. The number of rotatable bonds is 6. The summed E-state index contributed by atoms with van der Waals surface area (Å²) in [5.74, 6) is -1.83. The molecule has 0 bridgehead atoms. The van der Waals surface area contributed by atoms with Crippen LogP contribution in [0.3, 0.4) is 0 Å². The normalized spacial score (nSPS) is 15.2. The molecular weight excluding hydrogens is 453 g/mol. The number of esters is 1. The smallest absolute Gasteiger partial charge is 0.416 e. The Morgan fingerprint density at radius 2 is 1.72 bits per heavy atom. The minimum absolute atomic E-state index is 0.0494. The lowest BCUT2D eigenvalue weighted by Gasteiger charge is -2.26. The number of carbonyl (C=O) groups excluding carboxylic acids is 2. The number of sulfonamides is 1. The Balaban J connectivity index is 1.56. The number of amides is 1. The number of nitrogens with zero attached hydrogens (tertiary/aromatic N) is 1. The van der Waals surface area contributed by atoms with Crippen molar-refractivity contribution in [1.29, 1.82) is 0 Å². The Hall–Kier alpha value is -2.96. The monoisotopic (exact) mass is 472 g/mol. The number of anilines is 1. The summed E-state index contributed by atoms with van der Waals surface area (Å²) in [7, 11) is -3.68. The number of ether oxygens (including phenoxy) is 2. The first-order valence-electron chi connectivity index (χ1n) is 9.39. The highest BCUT2D eigenvalue weighted by molar-refractivity contribution is 7.89. The Morgan fingerprint density at radius 3 is 2.34 bits per heavy atom. The Kier molecular flexibility index (Phi) is 7.16. The molecule has 1 amide bonds. The first-order chi connectivity index (χ1) is 15.1. The maximum Gasteiger partial charge on any atom is 0.416 e. The van der Waals surface area contributed by atoms with Crippen LogP contribution in [0.4, 0.5) is 18.9 Å². The Morgan fingerprint density at radius 1 is 1.06 bits per heavy atom. The van der Waals surface area contributed by atoms with Crippen LogP contribution in [0, 0.1) is 0 Å². The average molecular weight is 472 g/mol. The van der Waals surface area contributed by atoms with Crippen molar-refractivity contribution in [2.45, 2.75) is 11.1 Å². The van der Waals surface area contributed by atoms with Gasteiger partial charge in [-0.05, 0) is 42.5 Å². The van der Waals surface area contributed by atoms with E-state index in [1.165, 1.54) is 28.6 Å². The molecule has 12 heteroatoms. The predicted molar refractivity (Wildman–Crippen MR) is 106 cm³/mol. The van der Waals surface area contributed by atoms with Gasteiger partial charge in [-0.1, -0.05) is 6.07 Å². The third-order valence-electron chi connectivity index (χ3n) is 4.51. The van der Waals surface area contributed by atoms with Gasteiger partial charge in [0.2, 0.25) is 10.0 Å². The first kappa shape index (κ1) is 23.7. The molecule has 0 spiro atoms. The van der Waals surface area contributed by atoms with Gasteiger partial charge in [0.05, 0.1) is 29.2 Å². The van der Waals surface area contributed by atoms with Gasteiger partial charge >= 0.3 is 12.1 Å². The molecule has 32 heavy (non-hydrogen) atoms. The van der Waals surface area contributed by atoms with Crippen molar-refractivity contribution in [3.63, 3.8) is 0 Å². The standard InChI is InChI=1S/C20H19F3N2O6S/c21-20(22,23)15-3-1-2-14(12-15)19(27)31-13-18(26)24-16-4-6-17(7-5-16)32(28,29)25-8-10-30-11-9-25/h1-7,12H,8-11,13H2,(H,24,26). The maximum atomic E-state index is 12.7. The maximum absolute atomic E-state index is 12.7. The quantitative estimate of drug-likeness (QED) is 0.649. The average Bonchev–Trinajstić information content (AvgIpc) is 2.78. The van der Waals surface area contributed by atoms with Crippen molar-refractivity contribution in [2.75, 3.05) is 38.2 Å². The van der Waals surface area contributed by atoms with E-state index in [0.29, 0.717) is 19.3 Å². The molecule has 2 aromatic rings. The molecule has 1 heterocycles. The molecule has 172 valence electrons. The van der Waals surface area contributed by atoms with E-state index >= 15 is 0 Å². The van der Waals surface area contributed by atoms with Gasteiger partial charge in [0.25, 0.3) is 5.91 Å². The van der Waals surface area contributed by atoms with Gasteiger partial charge in [0, 0.05) is 18.8 Å². The zero-order valence-corrected chi connectivity index (χ0v) is 17.4. The number of hydrogen-bond donors (Lipinski definition) is 1. The van der Waals surface area contributed by atoms with Gasteiger partial charge in [0.15, 0.2) is 6.61 Å².